The summed E-state index contributed by atoms with van der Waals surface area (Å²) in [5.41, 5.74) is 2.83. The Hall–Kier alpha value is -2.82. The van der Waals surface area contributed by atoms with Gasteiger partial charge >= 0.3 is 0 Å². The van der Waals surface area contributed by atoms with Gasteiger partial charge in [-0.3, -0.25) is 9.59 Å². The molecule has 142 valence electrons. The fraction of sp³-hybridized carbons (Fsp3) is 0.364. The number of amides is 2. The summed E-state index contributed by atoms with van der Waals surface area (Å²) in [6.07, 6.45) is 3.82. The van der Waals surface area contributed by atoms with E-state index in [-0.39, 0.29) is 24.3 Å². The van der Waals surface area contributed by atoms with Crippen molar-refractivity contribution < 1.29 is 9.59 Å². The van der Waals surface area contributed by atoms with Gasteiger partial charge in [-0.05, 0) is 37.0 Å². The summed E-state index contributed by atoms with van der Waals surface area (Å²) in [6.45, 7) is 3.51. The first-order valence-corrected chi connectivity index (χ1v) is 9.59. The van der Waals surface area contributed by atoms with Crippen LogP contribution in [0.3, 0.4) is 0 Å². The maximum Gasteiger partial charge on any atom is 0.226 e. The van der Waals surface area contributed by atoms with Crippen LogP contribution < -0.4 is 15.5 Å². The molecule has 0 aliphatic carbocycles. The molecule has 27 heavy (non-hydrogen) atoms. The van der Waals surface area contributed by atoms with Crippen molar-refractivity contribution in [1.29, 1.82) is 0 Å². The van der Waals surface area contributed by atoms with Crippen molar-refractivity contribution in [3.8, 4) is 0 Å². The van der Waals surface area contributed by atoms with Crippen molar-refractivity contribution >= 4 is 23.2 Å². The maximum absolute atomic E-state index is 12.7. The van der Waals surface area contributed by atoms with E-state index in [4.69, 9.17) is 0 Å². The highest BCUT2D eigenvalue weighted by molar-refractivity contribution is 5.95. The average Bonchev–Trinajstić information content (AvgIpc) is 2.69. The second kappa shape index (κ2) is 9.21. The molecule has 0 bridgehead atoms. The highest BCUT2D eigenvalue weighted by atomic mass is 16.2. The summed E-state index contributed by atoms with van der Waals surface area (Å²) in [6, 6.07) is 17.2. The Kier molecular flexibility index (Phi) is 6.47. The van der Waals surface area contributed by atoms with Crippen LogP contribution in [0, 0.1) is 0 Å². The van der Waals surface area contributed by atoms with Gasteiger partial charge < -0.3 is 15.5 Å². The zero-order chi connectivity index (χ0) is 19.1. The molecular formula is C22H27N3O2. The van der Waals surface area contributed by atoms with Crippen molar-refractivity contribution in [3.05, 3.63) is 60.2 Å². The van der Waals surface area contributed by atoms with E-state index in [0.29, 0.717) is 0 Å². The Morgan fingerprint density at radius 3 is 2.33 bits per heavy atom. The van der Waals surface area contributed by atoms with E-state index in [2.05, 4.69) is 21.6 Å². The summed E-state index contributed by atoms with van der Waals surface area (Å²) in [4.78, 5) is 26.6. The molecule has 2 N–H and O–H groups in total. The Morgan fingerprint density at radius 1 is 0.963 bits per heavy atom. The molecule has 1 atom stereocenters. The molecule has 0 radical (unpaired) electrons. The molecule has 2 aromatic carbocycles. The molecule has 1 saturated heterocycles. The van der Waals surface area contributed by atoms with E-state index in [1.165, 1.54) is 26.2 Å². The predicted molar refractivity (Wildman–Crippen MR) is 109 cm³/mol. The zero-order valence-corrected chi connectivity index (χ0v) is 15.8. The van der Waals surface area contributed by atoms with Crippen LogP contribution in [0.25, 0.3) is 0 Å². The lowest BCUT2D eigenvalue weighted by Gasteiger charge is -2.30. The highest BCUT2D eigenvalue weighted by Crippen LogP contribution is 2.29. The van der Waals surface area contributed by atoms with E-state index < -0.39 is 0 Å². The van der Waals surface area contributed by atoms with Crippen molar-refractivity contribution in [3.63, 3.8) is 0 Å². The van der Waals surface area contributed by atoms with Crippen molar-refractivity contribution in [2.75, 3.05) is 23.3 Å². The predicted octanol–water partition coefficient (Wildman–Crippen LogP) is 3.88. The normalized spacial score (nSPS) is 15.1. The number of anilines is 2. The lowest BCUT2D eigenvalue weighted by Crippen LogP contribution is -2.31. The van der Waals surface area contributed by atoms with Crippen LogP contribution in [0.5, 0.6) is 0 Å². The third-order valence-electron chi connectivity index (χ3n) is 4.84. The third kappa shape index (κ3) is 5.33. The van der Waals surface area contributed by atoms with Crippen LogP contribution in [0.4, 0.5) is 11.4 Å². The number of nitrogens with zero attached hydrogens (tertiary/aromatic N) is 1. The summed E-state index contributed by atoms with van der Waals surface area (Å²) >= 11 is 0. The molecule has 1 fully saturated rings. The van der Waals surface area contributed by atoms with Crippen LogP contribution in [-0.4, -0.2) is 24.9 Å². The minimum Gasteiger partial charge on any atom is -0.370 e. The first-order valence-electron chi connectivity index (χ1n) is 9.59. The van der Waals surface area contributed by atoms with Crippen LogP contribution in [0.1, 0.15) is 44.2 Å². The first kappa shape index (κ1) is 19.0. The standard InChI is InChI=1S/C22H27N3O2/c1-17(26)23-20(18-10-4-2-5-11-18)16-22(27)24-19-12-6-7-13-21(19)25-14-8-3-9-15-25/h2,4-7,10-13,20H,3,8-9,14-16H2,1H3,(H,23,26)(H,24,27). The molecule has 1 aliphatic rings. The molecule has 5 heteroatoms. The van der Waals surface area contributed by atoms with Gasteiger partial charge in [-0.2, -0.15) is 0 Å². The fourth-order valence-electron chi connectivity index (χ4n) is 3.56. The van der Waals surface area contributed by atoms with E-state index in [1.807, 2.05) is 48.5 Å². The van der Waals surface area contributed by atoms with Gasteiger partial charge in [0.2, 0.25) is 11.8 Å². The molecule has 1 aliphatic heterocycles. The van der Waals surface area contributed by atoms with E-state index in [0.717, 1.165) is 30.0 Å². The number of carbonyl (C=O) groups excluding carboxylic acids is 2. The topological polar surface area (TPSA) is 61.4 Å². The second-order valence-corrected chi connectivity index (χ2v) is 6.98. The number of piperidine rings is 1. The SMILES string of the molecule is CC(=O)NC(CC(=O)Nc1ccccc1N1CCCCC1)c1ccccc1. The van der Waals surface area contributed by atoms with Crippen LogP contribution >= 0.6 is 0 Å². The number of nitrogens with one attached hydrogen (secondary N) is 2. The molecule has 0 saturated carbocycles. The molecule has 0 spiro atoms. The van der Waals surface area contributed by atoms with Crippen LogP contribution in [0.15, 0.2) is 54.6 Å². The average molecular weight is 365 g/mol. The number of carbonyl (C=O) groups is 2. The van der Waals surface area contributed by atoms with E-state index in [9.17, 15) is 9.59 Å². The van der Waals surface area contributed by atoms with Crippen molar-refractivity contribution in [2.24, 2.45) is 0 Å². The number of para-hydroxylation sites is 2. The zero-order valence-electron chi connectivity index (χ0n) is 15.8. The van der Waals surface area contributed by atoms with E-state index >= 15 is 0 Å². The van der Waals surface area contributed by atoms with Gasteiger partial charge in [0.15, 0.2) is 0 Å². The molecule has 0 aromatic heterocycles. The van der Waals surface area contributed by atoms with Gasteiger partial charge in [-0.25, -0.2) is 0 Å². The van der Waals surface area contributed by atoms with Crippen LogP contribution in [-0.2, 0) is 9.59 Å². The second-order valence-electron chi connectivity index (χ2n) is 6.98. The third-order valence-corrected chi connectivity index (χ3v) is 4.84. The quantitative estimate of drug-likeness (QED) is 0.817. The Labute approximate surface area is 160 Å². The molecule has 3 rings (SSSR count). The number of hydrogen-bond acceptors (Lipinski definition) is 3. The lowest BCUT2D eigenvalue weighted by molar-refractivity contribution is -0.120. The minimum absolute atomic E-state index is 0.109. The van der Waals surface area contributed by atoms with Gasteiger partial charge in [-0.1, -0.05) is 42.5 Å². The maximum atomic E-state index is 12.7. The summed E-state index contributed by atoms with van der Waals surface area (Å²) in [5.74, 6) is -0.257. The molecule has 2 aromatic rings. The van der Waals surface area contributed by atoms with Gasteiger partial charge in [0.05, 0.1) is 23.8 Å². The van der Waals surface area contributed by atoms with Gasteiger partial charge in [0, 0.05) is 20.0 Å². The van der Waals surface area contributed by atoms with E-state index in [1.54, 1.807) is 0 Å². The Bertz CT molecular complexity index is 770. The summed E-state index contributed by atoms with van der Waals surface area (Å²) in [5, 5.41) is 5.93. The minimum atomic E-state index is -0.342. The fourth-order valence-corrected chi connectivity index (χ4v) is 3.56. The summed E-state index contributed by atoms with van der Waals surface area (Å²) < 4.78 is 0. The molecule has 5 nitrogen and oxygen atoms in total. The lowest BCUT2D eigenvalue weighted by atomic mass is 10.0. The molecule has 1 heterocycles. The molecular weight excluding hydrogens is 338 g/mol. The van der Waals surface area contributed by atoms with Gasteiger partial charge in [0.25, 0.3) is 0 Å². The molecule has 2 amide bonds. The Morgan fingerprint density at radius 2 is 1.63 bits per heavy atom. The van der Waals surface area contributed by atoms with Gasteiger partial charge in [-0.15, -0.1) is 0 Å². The number of hydrogen-bond donors (Lipinski definition) is 2. The number of rotatable bonds is 6. The Balaban J connectivity index is 1.71. The highest BCUT2D eigenvalue weighted by Gasteiger charge is 2.19. The largest absolute Gasteiger partial charge is 0.370 e. The monoisotopic (exact) mass is 365 g/mol. The smallest absolute Gasteiger partial charge is 0.226 e. The van der Waals surface area contributed by atoms with Gasteiger partial charge in [0.1, 0.15) is 0 Å². The number of benzene rings is 2. The van der Waals surface area contributed by atoms with Crippen LogP contribution in [0.2, 0.25) is 0 Å². The first-order chi connectivity index (χ1) is 13.1. The van der Waals surface area contributed by atoms with Crippen molar-refractivity contribution in [1.82, 2.24) is 5.32 Å². The summed E-state index contributed by atoms with van der Waals surface area (Å²) in [7, 11) is 0. The van der Waals surface area contributed by atoms with Crippen molar-refractivity contribution in [2.45, 2.75) is 38.6 Å². The molecule has 1 unspecified atom stereocenters.